The van der Waals surface area contributed by atoms with Gasteiger partial charge in [-0.25, -0.2) is 4.52 Å². The Morgan fingerprint density at radius 2 is 1.92 bits per heavy atom. The Morgan fingerprint density at radius 3 is 2.61 bits per heavy atom. The van der Waals surface area contributed by atoms with E-state index < -0.39 is 5.60 Å². The van der Waals surface area contributed by atoms with Crippen LogP contribution >= 0.6 is 0 Å². The van der Waals surface area contributed by atoms with Gasteiger partial charge in [0.2, 0.25) is 5.78 Å². The van der Waals surface area contributed by atoms with Crippen LogP contribution in [0.25, 0.3) is 16.9 Å². The van der Waals surface area contributed by atoms with Crippen LogP contribution in [0.2, 0.25) is 0 Å². The molecule has 2 aromatic carbocycles. The van der Waals surface area contributed by atoms with Gasteiger partial charge in [-0.3, -0.25) is 9.36 Å². The number of nitrogens with zero attached hydrogens (tertiary/aromatic N) is 5. The lowest BCUT2D eigenvalue weighted by Gasteiger charge is -2.36. The van der Waals surface area contributed by atoms with Crippen LogP contribution in [0.15, 0.2) is 72.3 Å². The van der Waals surface area contributed by atoms with E-state index in [2.05, 4.69) is 29.7 Å². The summed E-state index contributed by atoms with van der Waals surface area (Å²) in [6.07, 6.45) is 8.58. The molecule has 7 nitrogen and oxygen atoms in total. The van der Waals surface area contributed by atoms with Crippen LogP contribution in [0.4, 0.5) is 0 Å². The van der Waals surface area contributed by atoms with Crippen molar-refractivity contribution in [3.05, 3.63) is 100 Å². The van der Waals surface area contributed by atoms with Crippen LogP contribution in [0.1, 0.15) is 73.9 Å². The fourth-order valence-corrected chi connectivity index (χ4v) is 5.79. The Kier molecular flexibility index (Phi) is 7.26. The van der Waals surface area contributed by atoms with Crippen LogP contribution in [0.5, 0.6) is 0 Å². The number of hydrogen-bond acceptors (Lipinski definition) is 5. The Hall–Kier alpha value is -4.02. The van der Waals surface area contributed by atoms with Gasteiger partial charge in [-0.1, -0.05) is 61.9 Å². The van der Waals surface area contributed by atoms with Crippen molar-refractivity contribution in [2.24, 2.45) is 0 Å². The SMILES string of the molecule is C=CC[C@]1(O)CC[C@@H](n2c(=O)c(Cc3ccc(-c4ccccc4C#N)cc3)c(CCC)n3ncnc32)CC1. The molecule has 4 aromatic rings. The summed E-state index contributed by atoms with van der Waals surface area (Å²) in [6.45, 7) is 5.88. The molecule has 5 rings (SSSR count). The van der Waals surface area contributed by atoms with Gasteiger partial charge in [0.25, 0.3) is 5.56 Å². The minimum atomic E-state index is -0.747. The van der Waals surface area contributed by atoms with Crippen molar-refractivity contribution < 1.29 is 5.11 Å². The lowest BCUT2D eigenvalue weighted by Crippen LogP contribution is -2.38. The zero-order valence-corrected chi connectivity index (χ0v) is 21.8. The predicted octanol–water partition coefficient (Wildman–Crippen LogP) is 5.40. The molecule has 2 heterocycles. The maximum atomic E-state index is 14.1. The number of benzene rings is 2. The second-order valence-electron chi connectivity index (χ2n) is 10.3. The second-order valence-corrected chi connectivity index (χ2v) is 10.3. The van der Waals surface area contributed by atoms with E-state index in [1.807, 2.05) is 57.6 Å². The zero-order chi connectivity index (χ0) is 26.7. The number of rotatable bonds is 8. The van der Waals surface area contributed by atoms with E-state index in [1.165, 1.54) is 6.33 Å². The van der Waals surface area contributed by atoms with Crippen molar-refractivity contribution in [3.8, 4) is 17.2 Å². The summed E-state index contributed by atoms with van der Waals surface area (Å²) in [6, 6.07) is 17.9. The van der Waals surface area contributed by atoms with Crippen LogP contribution in [0, 0.1) is 11.3 Å². The molecule has 38 heavy (non-hydrogen) atoms. The summed E-state index contributed by atoms with van der Waals surface area (Å²) in [4.78, 5) is 18.6. The van der Waals surface area contributed by atoms with Gasteiger partial charge in [-0.2, -0.15) is 15.3 Å². The summed E-state index contributed by atoms with van der Waals surface area (Å²) in [7, 11) is 0. The first kappa shape index (κ1) is 25.6. The third kappa shape index (κ3) is 4.80. The fourth-order valence-electron chi connectivity index (χ4n) is 5.79. The quantitative estimate of drug-likeness (QED) is 0.322. The van der Waals surface area contributed by atoms with Crippen molar-refractivity contribution in [2.45, 2.75) is 69.9 Å². The van der Waals surface area contributed by atoms with Crippen LogP contribution in [-0.2, 0) is 12.8 Å². The number of aromatic nitrogens is 4. The molecule has 0 bridgehead atoms. The molecule has 2 aromatic heterocycles. The highest BCUT2D eigenvalue weighted by Crippen LogP contribution is 2.37. The van der Waals surface area contributed by atoms with Crippen molar-refractivity contribution in [2.75, 3.05) is 0 Å². The average Bonchev–Trinajstić information content (AvgIpc) is 3.41. The first-order chi connectivity index (χ1) is 18.5. The Balaban J connectivity index is 1.53. The lowest BCUT2D eigenvalue weighted by molar-refractivity contribution is -0.00475. The van der Waals surface area contributed by atoms with E-state index in [4.69, 9.17) is 0 Å². The molecule has 1 N–H and O–H groups in total. The van der Waals surface area contributed by atoms with E-state index in [9.17, 15) is 15.2 Å². The third-order valence-corrected chi connectivity index (χ3v) is 7.78. The van der Waals surface area contributed by atoms with Gasteiger partial charge in [0.1, 0.15) is 6.33 Å². The molecule has 0 saturated heterocycles. The molecule has 1 aliphatic rings. The van der Waals surface area contributed by atoms with E-state index in [1.54, 1.807) is 6.08 Å². The van der Waals surface area contributed by atoms with E-state index >= 15 is 0 Å². The molecule has 0 atom stereocenters. The smallest absolute Gasteiger partial charge is 0.259 e. The Bertz CT molecular complexity index is 1550. The lowest BCUT2D eigenvalue weighted by atomic mass is 9.80. The molecule has 0 aliphatic heterocycles. The minimum absolute atomic E-state index is 0.0213. The Morgan fingerprint density at radius 1 is 1.18 bits per heavy atom. The summed E-state index contributed by atoms with van der Waals surface area (Å²) < 4.78 is 3.65. The van der Waals surface area contributed by atoms with Crippen LogP contribution in [0.3, 0.4) is 0 Å². The molecular formula is C31H33N5O2. The summed E-state index contributed by atoms with van der Waals surface area (Å²) in [5.41, 5.74) is 4.40. The van der Waals surface area contributed by atoms with Gasteiger partial charge < -0.3 is 5.11 Å². The number of aliphatic hydroxyl groups is 1. The molecule has 7 heteroatoms. The van der Waals surface area contributed by atoms with Gasteiger partial charge in [0.15, 0.2) is 0 Å². The number of fused-ring (bicyclic) bond motifs is 1. The zero-order valence-electron chi connectivity index (χ0n) is 21.8. The number of nitriles is 1. The van der Waals surface area contributed by atoms with Gasteiger partial charge in [-0.05, 0) is 61.3 Å². The normalized spacial score (nSPS) is 19.3. The largest absolute Gasteiger partial charge is 0.390 e. The van der Waals surface area contributed by atoms with Crippen molar-refractivity contribution in [1.29, 1.82) is 5.26 Å². The summed E-state index contributed by atoms with van der Waals surface area (Å²) in [5, 5.41) is 24.9. The van der Waals surface area contributed by atoms with Crippen molar-refractivity contribution in [1.82, 2.24) is 19.2 Å². The van der Waals surface area contributed by atoms with E-state index in [-0.39, 0.29) is 11.6 Å². The van der Waals surface area contributed by atoms with E-state index in [0.29, 0.717) is 49.9 Å². The standard InChI is InChI=1S/C31H33N5O2/c1-3-7-28-27(19-22-10-12-23(13-11-22)26-9-6-5-8-24(26)20-32)29(37)35(30-33-21-34-36(28)30)25-14-17-31(38,16-4-2)18-15-25/h4-6,8-13,21,25,38H,2-3,7,14-19H2,1H3/t25-,31+. The molecule has 1 fully saturated rings. The molecule has 0 spiro atoms. The monoisotopic (exact) mass is 507 g/mol. The molecule has 1 saturated carbocycles. The Labute approximate surface area is 222 Å². The van der Waals surface area contributed by atoms with Crippen molar-refractivity contribution >= 4 is 5.78 Å². The molecule has 0 amide bonds. The van der Waals surface area contributed by atoms with E-state index in [0.717, 1.165) is 40.8 Å². The van der Waals surface area contributed by atoms with Gasteiger partial charge in [0.05, 0.1) is 22.9 Å². The maximum absolute atomic E-state index is 14.1. The topological polar surface area (TPSA) is 96.2 Å². The van der Waals surface area contributed by atoms with Gasteiger partial charge in [-0.15, -0.1) is 6.58 Å². The average molecular weight is 508 g/mol. The highest BCUT2D eigenvalue weighted by Gasteiger charge is 2.34. The molecule has 1 aliphatic carbocycles. The minimum Gasteiger partial charge on any atom is -0.390 e. The summed E-state index contributed by atoms with van der Waals surface area (Å²) >= 11 is 0. The third-order valence-electron chi connectivity index (χ3n) is 7.78. The van der Waals surface area contributed by atoms with Crippen molar-refractivity contribution in [3.63, 3.8) is 0 Å². The second kappa shape index (κ2) is 10.8. The van der Waals surface area contributed by atoms with Gasteiger partial charge >= 0.3 is 0 Å². The molecule has 0 unspecified atom stereocenters. The van der Waals surface area contributed by atoms with Gasteiger partial charge in [0, 0.05) is 18.0 Å². The number of aryl methyl sites for hydroxylation is 1. The predicted molar refractivity (Wildman–Crippen MR) is 148 cm³/mol. The number of hydrogen-bond donors (Lipinski definition) is 1. The highest BCUT2D eigenvalue weighted by atomic mass is 16.3. The molecule has 194 valence electrons. The molecule has 0 radical (unpaired) electrons. The maximum Gasteiger partial charge on any atom is 0.259 e. The fraction of sp³-hybridized carbons (Fsp3) is 0.355. The summed E-state index contributed by atoms with van der Waals surface area (Å²) in [5.74, 6) is 0.574. The van der Waals surface area contributed by atoms with Crippen LogP contribution in [-0.4, -0.2) is 29.9 Å². The van der Waals surface area contributed by atoms with Crippen LogP contribution < -0.4 is 5.56 Å². The molecular weight excluding hydrogens is 474 g/mol. The highest BCUT2D eigenvalue weighted by molar-refractivity contribution is 5.70. The first-order valence-corrected chi connectivity index (χ1v) is 13.4. The first-order valence-electron chi connectivity index (χ1n) is 13.4.